The van der Waals surface area contributed by atoms with Gasteiger partial charge in [0.2, 0.25) is 10.0 Å². The SMILES string of the molecule is CC(C(=O)O)C1CN(S(=O)(=O)CCS(C)(=O)=O)C1. The van der Waals surface area contributed by atoms with Crippen molar-refractivity contribution < 1.29 is 26.7 Å². The normalized spacial score (nSPS) is 20.3. The van der Waals surface area contributed by atoms with Gasteiger partial charge in [0.15, 0.2) is 0 Å². The summed E-state index contributed by atoms with van der Waals surface area (Å²) in [6.07, 6.45) is 0.980. The summed E-state index contributed by atoms with van der Waals surface area (Å²) < 4.78 is 46.4. The second-order valence-electron chi connectivity index (χ2n) is 4.65. The average molecular weight is 299 g/mol. The molecule has 0 aromatic carbocycles. The molecule has 0 aliphatic carbocycles. The minimum Gasteiger partial charge on any atom is -0.481 e. The Balaban J connectivity index is 2.52. The summed E-state index contributed by atoms with van der Waals surface area (Å²) in [5.41, 5.74) is 0. The van der Waals surface area contributed by atoms with Crippen LogP contribution in [0.1, 0.15) is 6.92 Å². The van der Waals surface area contributed by atoms with Gasteiger partial charge in [0.05, 0.1) is 17.4 Å². The van der Waals surface area contributed by atoms with Gasteiger partial charge in [-0.3, -0.25) is 4.79 Å². The fourth-order valence-corrected chi connectivity index (χ4v) is 4.75. The van der Waals surface area contributed by atoms with E-state index >= 15 is 0 Å². The van der Waals surface area contributed by atoms with Gasteiger partial charge in [0, 0.05) is 19.3 Å². The fourth-order valence-electron chi connectivity index (χ4n) is 1.60. The summed E-state index contributed by atoms with van der Waals surface area (Å²) in [6.45, 7) is 1.84. The van der Waals surface area contributed by atoms with Crippen LogP contribution >= 0.6 is 0 Å². The zero-order valence-electron chi connectivity index (χ0n) is 10.2. The molecular formula is C9H17NO6S2. The highest BCUT2D eigenvalue weighted by Crippen LogP contribution is 2.26. The third-order valence-electron chi connectivity index (χ3n) is 3.08. The second-order valence-corrected chi connectivity index (χ2v) is 9.00. The first-order valence-electron chi connectivity index (χ1n) is 5.41. The summed E-state index contributed by atoms with van der Waals surface area (Å²) in [6, 6.07) is 0. The molecule has 1 aliphatic heterocycles. The van der Waals surface area contributed by atoms with Crippen LogP contribution in [0.15, 0.2) is 0 Å². The molecule has 0 aromatic rings. The maximum atomic E-state index is 11.7. The number of carboxylic acid groups (broad SMARTS) is 1. The Morgan fingerprint density at radius 1 is 1.28 bits per heavy atom. The van der Waals surface area contributed by atoms with Gasteiger partial charge in [0.1, 0.15) is 9.84 Å². The maximum Gasteiger partial charge on any atom is 0.306 e. The lowest BCUT2D eigenvalue weighted by Crippen LogP contribution is -2.54. The molecule has 1 fully saturated rings. The number of rotatable bonds is 6. The van der Waals surface area contributed by atoms with Gasteiger partial charge >= 0.3 is 5.97 Å². The maximum absolute atomic E-state index is 11.7. The molecule has 7 nitrogen and oxygen atoms in total. The van der Waals surface area contributed by atoms with E-state index in [4.69, 9.17) is 5.11 Å². The van der Waals surface area contributed by atoms with E-state index in [0.29, 0.717) is 0 Å². The number of carboxylic acids is 1. The Hall–Kier alpha value is -0.670. The molecule has 1 aliphatic rings. The largest absolute Gasteiger partial charge is 0.481 e. The van der Waals surface area contributed by atoms with Crippen molar-refractivity contribution in [1.82, 2.24) is 4.31 Å². The molecule has 0 saturated carbocycles. The van der Waals surface area contributed by atoms with Crippen LogP contribution in [0.25, 0.3) is 0 Å². The minimum absolute atomic E-state index is 0.152. The first-order chi connectivity index (χ1) is 8.03. The molecule has 1 unspecified atom stereocenters. The van der Waals surface area contributed by atoms with Crippen molar-refractivity contribution in [2.45, 2.75) is 6.92 Å². The predicted octanol–water partition coefficient (Wildman–Crippen LogP) is -0.987. The second kappa shape index (κ2) is 5.14. The van der Waals surface area contributed by atoms with E-state index in [1.54, 1.807) is 0 Å². The van der Waals surface area contributed by atoms with Gasteiger partial charge in [-0.25, -0.2) is 21.1 Å². The third-order valence-corrected chi connectivity index (χ3v) is 6.09. The van der Waals surface area contributed by atoms with Crippen LogP contribution < -0.4 is 0 Å². The van der Waals surface area contributed by atoms with Crippen molar-refractivity contribution in [3.63, 3.8) is 0 Å². The van der Waals surface area contributed by atoms with Crippen LogP contribution in [0.5, 0.6) is 0 Å². The first kappa shape index (κ1) is 15.4. The van der Waals surface area contributed by atoms with Crippen LogP contribution in [0.3, 0.4) is 0 Å². The van der Waals surface area contributed by atoms with E-state index in [-0.39, 0.29) is 19.0 Å². The van der Waals surface area contributed by atoms with Crippen molar-refractivity contribution in [1.29, 1.82) is 0 Å². The van der Waals surface area contributed by atoms with Crippen LogP contribution in [0.4, 0.5) is 0 Å². The molecule has 0 amide bonds. The number of sulfonamides is 1. The lowest BCUT2D eigenvalue weighted by atomic mass is 9.89. The van der Waals surface area contributed by atoms with E-state index in [9.17, 15) is 21.6 Å². The Labute approximate surface area is 107 Å². The van der Waals surface area contributed by atoms with Crippen LogP contribution in [0, 0.1) is 11.8 Å². The third kappa shape index (κ3) is 3.92. The Bertz CT molecular complexity index is 517. The lowest BCUT2D eigenvalue weighted by molar-refractivity contribution is -0.144. The number of hydrogen-bond acceptors (Lipinski definition) is 5. The van der Waals surface area contributed by atoms with E-state index in [0.717, 1.165) is 10.6 Å². The molecule has 0 aromatic heterocycles. The average Bonchev–Trinajstić information content (AvgIpc) is 2.10. The highest BCUT2D eigenvalue weighted by molar-refractivity contribution is 7.93. The zero-order chi connectivity index (χ0) is 14.1. The molecule has 1 rings (SSSR count). The van der Waals surface area contributed by atoms with Crippen LogP contribution in [-0.2, 0) is 24.7 Å². The van der Waals surface area contributed by atoms with E-state index in [1.807, 2.05) is 0 Å². The van der Waals surface area contributed by atoms with Crippen molar-refractivity contribution in [2.24, 2.45) is 11.8 Å². The molecule has 1 saturated heterocycles. The molecule has 0 spiro atoms. The number of carbonyl (C=O) groups is 1. The van der Waals surface area contributed by atoms with E-state index < -0.39 is 43.3 Å². The summed E-state index contributed by atoms with van der Waals surface area (Å²) in [7, 11) is -6.91. The molecule has 0 radical (unpaired) electrons. The summed E-state index contributed by atoms with van der Waals surface area (Å²) in [5, 5.41) is 8.77. The molecule has 1 atom stereocenters. The number of hydrogen-bond donors (Lipinski definition) is 1. The summed E-state index contributed by atoms with van der Waals surface area (Å²) in [4.78, 5) is 10.7. The number of nitrogens with zero attached hydrogens (tertiary/aromatic N) is 1. The van der Waals surface area contributed by atoms with Gasteiger partial charge in [-0.15, -0.1) is 0 Å². The minimum atomic E-state index is -3.59. The highest BCUT2D eigenvalue weighted by atomic mass is 32.2. The van der Waals surface area contributed by atoms with Gasteiger partial charge in [-0.1, -0.05) is 6.92 Å². The molecule has 18 heavy (non-hydrogen) atoms. The van der Waals surface area contributed by atoms with Crippen molar-refractivity contribution >= 4 is 25.8 Å². The number of aliphatic carboxylic acids is 1. The van der Waals surface area contributed by atoms with E-state index in [2.05, 4.69) is 0 Å². The van der Waals surface area contributed by atoms with Crippen molar-refractivity contribution in [2.75, 3.05) is 30.9 Å². The van der Waals surface area contributed by atoms with Gasteiger partial charge < -0.3 is 5.11 Å². The molecular weight excluding hydrogens is 282 g/mol. The Kier molecular flexibility index (Phi) is 4.39. The van der Waals surface area contributed by atoms with E-state index in [1.165, 1.54) is 6.92 Å². The quantitative estimate of drug-likeness (QED) is 0.675. The van der Waals surface area contributed by atoms with Gasteiger partial charge in [-0.05, 0) is 5.92 Å². The molecule has 1 N–H and O–H groups in total. The zero-order valence-corrected chi connectivity index (χ0v) is 11.9. The summed E-state index contributed by atoms with van der Waals surface area (Å²) in [5.74, 6) is -2.60. The molecule has 106 valence electrons. The molecule has 0 bridgehead atoms. The molecule has 9 heteroatoms. The van der Waals surface area contributed by atoms with Gasteiger partial charge in [-0.2, -0.15) is 0 Å². The number of sulfone groups is 1. The predicted molar refractivity (Wildman–Crippen MR) is 65.4 cm³/mol. The van der Waals surface area contributed by atoms with Gasteiger partial charge in [0.25, 0.3) is 0 Å². The Morgan fingerprint density at radius 3 is 2.17 bits per heavy atom. The van der Waals surface area contributed by atoms with Crippen LogP contribution in [0.2, 0.25) is 0 Å². The lowest BCUT2D eigenvalue weighted by Gasteiger charge is -2.39. The smallest absolute Gasteiger partial charge is 0.306 e. The topological polar surface area (TPSA) is 109 Å². The molecule has 1 heterocycles. The van der Waals surface area contributed by atoms with Crippen molar-refractivity contribution in [3.05, 3.63) is 0 Å². The monoisotopic (exact) mass is 299 g/mol. The van der Waals surface area contributed by atoms with Crippen LogP contribution in [-0.4, -0.2) is 63.1 Å². The first-order valence-corrected chi connectivity index (χ1v) is 9.08. The Morgan fingerprint density at radius 2 is 1.78 bits per heavy atom. The summed E-state index contributed by atoms with van der Waals surface area (Å²) >= 11 is 0. The standard InChI is InChI=1S/C9H17NO6S2/c1-7(9(11)12)8-5-10(6-8)18(15,16)4-3-17(2,13)14/h7-8H,3-6H2,1-2H3,(H,11,12). The van der Waals surface area contributed by atoms with Crippen molar-refractivity contribution in [3.8, 4) is 0 Å². The highest BCUT2D eigenvalue weighted by Gasteiger charge is 2.40. The fraction of sp³-hybridized carbons (Fsp3) is 0.889.